The number of hydrogen-bond acceptors (Lipinski definition) is 14. The Bertz CT molecular complexity index is 1680. The number of ether oxygens (including phenoxy) is 3. The third-order valence-corrected chi connectivity index (χ3v) is 7.06. The number of nitrogen functional groups attached to an aromatic ring is 1. The number of non-ortho nitro benzene ring substituents is 2. The lowest BCUT2D eigenvalue weighted by molar-refractivity contribution is -0.385. The zero-order valence-corrected chi connectivity index (χ0v) is 23.5. The average Bonchev–Trinajstić information content (AvgIpc) is 3.57. The molecular formula is C27H28N8O10. The van der Waals surface area contributed by atoms with Gasteiger partial charge >= 0.3 is 6.09 Å². The fourth-order valence-electron chi connectivity index (χ4n) is 4.76. The van der Waals surface area contributed by atoms with Crippen LogP contribution in [0.5, 0.6) is 5.88 Å². The van der Waals surface area contributed by atoms with Gasteiger partial charge in [0.15, 0.2) is 17.4 Å². The van der Waals surface area contributed by atoms with Crippen molar-refractivity contribution in [1.82, 2.24) is 24.8 Å². The number of nitrogens with one attached hydrogen (secondary N) is 1. The standard InChI is InChI=1S/C27H28N8O10/c28-26-31-23-21(24(32-26)43-11-9-15-1-5-17(6-2-15)34(39)40)29-14-33(23)25-20(22(37)19(13-36)45-25)30-27(38)44-12-10-16-3-7-18(8-4-16)35(41)42/h1-8,14,19-20,22,25,36-37H,9-13H2,(H,30,38)(H2,28,31,32)/t19-,20-,22-,25-/m1/s1. The van der Waals surface area contributed by atoms with Crippen molar-refractivity contribution >= 4 is 34.6 Å². The van der Waals surface area contributed by atoms with Gasteiger partial charge in [-0.15, -0.1) is 0 Å². The summed E-state index contributed by atoms with van der Waals surface area (Å²) < 4.78 is 18.3. The molecule has 3 heterocycles. The van der Waals surface area contributed by atoms with E-state index in [2.05, 4.69) is 20.3 Å². The minimum Gasteiger partial charge on any atom is -0.476 e. The van der Waals surface area contributed by atoms with E-state index in [4.69, 9.17) is 19.9 Å². The Labute approximate surface area is 253 Å². The van der Waals surface area contributed by atoms with Crippen LogP contribution in [0.15, 0.2) is 54.9 Å². The Morgan fingerprint density at radius 3 is 2.18 bits per heavy atom. The van der Waals surface area contributed by atoms with Crippen molar-refractivity contribution in [1.29, 1.82) is 0 Å². The van der Waals surface area contributed by atoms with E-state index >= 15 is 0 Å². The normalized spacial score (nSPS) is 19.3. The third kappa shape index (κ3) is 7.03. The summed E-state index contributed by atoms with van der Waals surface area (Å²) in [5, 5.41) is 44.9. The lowest BCUT2D eigenvalue weighted by Gasteiger charge is -2.22. The fourth-order valence-corrected chi connectivity index (χ4v) is 4.76. The van der Waals surface area contributed by atoms with E-state index in [-0.39, 0.29) is 54.0 Å². The van der Waals surface area contributed by atoms with Gasteiger partial charge in [0.05, 0.1) is 36.0 Å². The first-order chi connectivity index (χ1) is 21.6. The van der Waals surface area contributed by atoms with Crippen LogP contribution in [-0.4, -0.2) is 83.7 Å². The molecule has 0 aliphatic carbocycles. The van der Waals surface area contributed by atoms with Crippen molar-refractivity contribution in [3.05, 3.63) is 86.2 Å². The highest BCUT2D eigenvalue weighted by Gasteiger charge is 2.46. The molecule has 45 heavy (non-hydrogen) atoms. The van der Waals surface area contributed by atoms with Crippen LogP contribution in [0.3, 0.4) is 0 Å². The number of aliphatic hydroxyl groups is 2. The SMILES string of the molecule is Nc1nc(OCCc2ccc([N+](=O)[O-])cc2)c2ncn([C@@H]3O[C@H](CO)[C@@H](O)[C@H]3NC(=O)OCCc3ccc([N+](=O)[O-])cc3)c2n1. The molecule has 0 unspecified atom stereocenters. The number of carbonyl (C=O) groups excluding carboxylic acids is 1. The molecule has 2 aromatic heterocycles. The van der Waals surface area contributed by atoms with Crippen LogP contribution in [0, 0.1) is 20.2 Å². The van der Waals surface area contributed by atoms with Gasteiger partial charge in [0.1, 0.15) is 18.2 Å². The number of nitrogens with two attached hydrogens (primary N) is 1. The van der Waals surface area contributed by atoms with Crippen molar-refractivity contribution < 1.29 is 39.1 Å². The maximum Gasteiger partial charge on any atom is 0.407 e. The van der Waals surface area contributed by atoms with Gasteiger partial charge in [-0.05, 0) is 11.1 Å². The number of imidazole rings is 1. The van der Waals surface area contributed by atoms with Gasteiger partial charge in [-0.1, -0.05) is 24.3 Å². The van der Waals surface area contributed by atoms with E-state index in [1.807, 2.05) is 0 Å². The van der Waals surface area contributed by atoms with Crippen LogP contribution in [0.1, 0.15) is 17.4 Å². The van der Waals surface area contributed by atoms with Gasteiger partial charge in [0.2, 0.25) is 11.8 Å². The first-order valence-corrected chi connectivity index (χ1v) is 13.6. The molecule has 0 bridgehead atoms. The lowest BCUT2D eigenvalue weighted by atomic mass is 10.1. The third-order valence-electron chi connectivity index (χ3n) is 7.06. The summed E-state index contributed by atoms with van der Waals surface area (Å²) in [6.45, 7) is -0.469. The van der Waals surface area contributed by atoms with Crippen molar-refractivity contribution in [2.75, 3.05) is 25.6 Å². The molecule has 0 saturated carbocycles. The van der Waals surface area contributed by atoms with E-state index in [9.17, 15) is 35.2 Å². The predicted molar refractivity (Wildman–Crippen MR) is 154 cm³/mol. The maximum absolute atomic E-state index is 12.7. The van der Waals surface area contributed by atoms with Crippen LogP contribution < -0.4 is 15.8 Å². The number of nitro benzene ring substituents is 2. The summed E-state index contributed by atoms with van der Waals surface area (Å²) in [6.07, 6.45) is -2.33. The highest BCUT2D eigenvalue weighted by Crippen LogP contribution is 2.33. The highest BCUT2D eigenvalue weighted by molar-refractivity contribution is 5.77. The highest BCUT2D eigenvalue weighted by atomic mass is 16.6. The first kappa shape index (κ1) is 31.0. The van der Waals surface area contributed by atoms with Crippen LogP contribution in [0.4, 0.5) is 22.1 Å². The number of amides is 1. The van der Waals surface area contributed by atoms with E-state index in [0.717, 1.165) is 5.56 Å². The van der Waals surface area contributed by atoms with Gasteiger partial charge in [-0.25, -0.2) is 9.78 Å². The number of fused-ring (bicyclic) bond motifs is 1. The molecule has 2 aromatic carbocycles. The lowest BCUT2D eigenvalue weighted by Crippen LogP contribution is -2.47. The van der Waals surface area contributed by atoms with Gasteiger partial charge in [0.25, 0.3) is 11.4 Å². The number of rotatable bonds is 12. The van der Waals surface area contributed by atoms with Crippen molar-refractivity contribution in [3.8, 4) is 5.88 Å². The molecule has 236 valence electrons. The summed E-state index contributed by atoms with van der Waals surface area (Å²) >= 11 is 0. The molecule has 1 fully saturated rings. The second kappa shape index (κ2) is 13.5. The number of alkyl carbamates (subject to hydrolysis) is 1. The molecule has 0 spiro atoms. The van der Waals surface area contributed by atoms with E-state index in [1.54, 1.807) is 24.3 Å². The Kier molecular flexibility index (Phi) is 9.26. The molecule has 1 aliphatic rings. The van der Waals surface area contributed by atoms with Gasteiger partial charge in [-0.3, -0.25) is 24.8 Å². The zero-order valence-electron chi connectivity index (χ0n) is 23.5. The predicted octanol–water partition coefficient (Wildman–Crippen LogP) is 1.43. The molecule has 4 aromatic rings. The second-order valence-electron chi connectivity index (χ2n) is 9.95. The molecule has 4 atom stereocenters. The molecule has 5 N–H and O–H groups in total. The molecule has 5 rings (SSSR count). The van der Waals surface area contributed by atoms with Crippen LogP contribution in [-0.2, 0) is 22.3 Å². The average molecular weight is 625 g/mol. The number of aliphatic hydroxyl groups excluding tert-OH is 2. The Morgan fingerprint density at radius 2 is 1.60 bits per heavy atom. The number of aromatic nitrogens is 4. The number of hydrogen-bond donors (Lipinski definition) is 4. The number of nitro groups is 2. The van der Waals surface area contributed by atoms with E-state index in [1.165, 1.54) is 35.2 Å². The molecule has 0 radical (unpaired) electrons. The smallest absolute Gasteiger partial charge is 0.407 e. The second-order valence-corrected chi connectivity index (χ2v) is 9.95. The van der Waals surface area contributed by atoms with Crippen molar-refractivity contribution in [2.45, 2.75) is 37.3 Å². The number of nitrogens with zero attached hydrogens (tertiary/aromatic N) is 6. The summed E-state index contributed by atoms with van der Waals surface area (Å²) in [7, 11) is 0. The van der Waals surface area contributed by atoms with Crippen LogP contribution >= 0.6 is 0 Å². The Balaban J connectivity index is 1.26. The summed E-state index contributed by atoms with van der Waals surface area (Å²) in [4.78, 5) is 46.1. The summed E-state index contributed by atoms with van der Waals surface area (Å²) in [5.74, 6) is -0.0902. The van der Waals surface area contributed by atoms with Crippen LogP contribution in [0.2, 0.25) is 0 Å². The number of benzene rings is 2. The quantitative estimate of drug-likeness (QED) is 0.129. The van der Waals surface area contributed by atoms with Crippen molar-refractivity contribution in [2.24, 2.45) is 0 Å². The molecule has 1 aliphatic heterocycles. The van der Waals surface area contributed by atoms with E-state index < -0.39 is 47.0 Å². The van der Waals surface area contributed by atoms with Crippen molar-refractivity contribution in [3.63, 3.8) is 0 Å². The first-order valence-electron chi connectivity index (χ1n) is 13.6. The molecule has 1 amide bonds. The maximum atomic E-state index is 12.7. The monoisotopic (exact) mass is 624 g/mol. The zero-order chi connectivity index (χ0) is 32.1. The molecular weight excluding hydrogens is 596 g/mol. The minimum atomic E-state index is -1.34. The van der Waals surface area contributed by atoms with Gasteiger partial charge in [0, 0.05) is 37.1 Å². The van der Waals surface area contributed by atoms with Gasteiger partial charge < -0.3 is 35.5 Å². The Morgan fingerprint density at radius 1 is 1.00 bits per heavy atom. The summed E-state index contributed by atoms with van der Waals surface area (Å²) in [6, 6.07) is 10.7. The summed E-state index contributed by atoms with van der Waals surface area (Å²) in [5.41, 5.74) is 7.74. The number of carbonyl (C=O) groups is 1. The van der Waals surface area contributed by atoms with Gasteiger partial charge in [-0.2, -0.15) is 9.97 Å². The largest absolute Gasteiger partial charge is 0.476 e. The van der Waals surface area contributed by atoms with E-state index in [0.29, 0.717) is 12.0 Å². The fraction of sp³-hybridized carbons (Fsp3) is 0.333. The minimum absolute atomic E-state index is 0.0264. The van der Waals surface area contributed by atoms with Crippen LogP contribution in [0.25, 0.3) is 11.2 Å². The molecule has 18 heteroatoms. The molecule has 18 nitrogen and oxygen atoms in total. The molecule has 1 saturated heterocycles. The number of anilines is 1. The Hall–Kier alpha value is -5.46. The topological polar surface area (TPSA) is 253 Å².